The fourth-order valence-corrected chi connectivity index (χ4v) is 4.83. The second-order valence-corrected chi connectivity index (χ2v) is 11.6. The molecule has 1 aliphatic rings. The van der Waals surface area contributed by atoms with E-state index in [1.165, 1.54) is 0 Å². The van der Waals surface area contributed by atoms with Crippen LogP contribution >= 0.6 is 0 Å². The summed E-state index contributed by atoms with van der Waals surface area (Å²) in [6.07, 6.45) is -0.424. The van der Waals surface area contributed by atoms with E-state index in [1.807, 2.05) is 30.3 Å². The predicted molar refractivity (Wildman–Crippen MR) is 164 cm³/mol. The third-order valence-electron chi connectivity index (χ3n) is 7.07. The molecule has 0 aliphatic carbocycles. The van der Waals surface area contributed by atoms with E-state index >= 15 is 0 Å². The molecule has 4 rings (SSSR count). The van der Waals surface area contributed by atoms with E-state index in [0.29, 0.717) is 89.0 Å². The van der Waals surface area contributed by atoms with Crippen molar-refractivity contribution in [2.75, 3.05) is 72.4 Å². The van der Waals surface area contributed by atoms with Crippen LogP contribution in [0.15, 0.2) is 48.5 Å². The van der Waals surface area contributed by atoms with Crippen molar-refractivity contribution in [3.63, 3.8) is 0 Å². The van der Waals surface area contributed by atoms with Crippen molar-refractivity contribution in [3.8, 4) is 0 Å². The van der Waals surface area contributed by atoms with Gasteiger partial charge in [-0.15, -0.1) is 0 Å². The summed E-state index contributed by atoms with van der Waals surface area (Å²) in [5, 5.41) is 0.415. The second-order valence-electron chi connectivity index (χ2n) is 11.6. The van der Waals surface area contributed by atoms with Gasteiger partial charge in [-0.25, -0.2) is 13.6 Å². The lowest BCUT2D eigenvalue weighted by Gasteiger charge is -2.35. The number of nitrogens with zero attached hydrogens (tertiary/aromatic N) is 3. The van der Waals surface area contributed by atoms with Crippen molar-refractivity contribution in [2.24, 2.45) is 0 Å². The Labute approximate surface area is 262 Å². The van der Waals surface area contributed by atoms with E-state index < -0.39 is 23.3 Å². The third kappa shape index (κ3) is 10.5. The van der Waals surface area contributed by atoms with Gasteiger partial charge in [0.05, 0.1) is 58.4 Å². The number of benzene rings is 2. The van der Waals surface area contributed by atoms with Gasteiger partial charge in [0, 0.05) is 44.2 Å². The predicted octanol–water partition coefficient (Wildman–Crippen LogP) is 4.88. The van der Waals surface area contributed by atoms with Gasteiger partial charge in [0.25, 0.3) is 5.91 Å². The Morgan fingerprint density at radius 3 is 1.91 bits per heavy atom. The number of piperazine rings is 1. The van der Waals surface area contributed by atoms with E-state index in [1.54, 1.807) is 41.2 Å². The van der Waals surface area contributed by atoms with Crippen molar-refractivity contribution in [3.05, 3.63) is 71.4 Å². The van der Waals surface area contributed by atoms with Gasteiger partial charge < -0.3 is 38.1 Å². The van der Waals surface area contributed by atoms with Gasteiger partial charge >= 0.3 is 6.09 Å². The number of ether oxygens (including phenoxy) is 5. The first-order chi connectivity index (χ1) is 21.6. The summed E-state index contributed by atoms with van der Waals surface area (Å²) in [5.41, 5.74) is 1.20. The molecule has 2 aromatic carbocycles. The lowest BCUT2D eigenvalue weighted by Crippen LogP contribution is -2.51. The molecule has 12 heteroatoms. The van der Waals surface area contributed by atoms with Gasteiger partial charge in [-0.1, -0.05) is 30.3 Å². The molecule has 0 atom stereocenters. The van der Waals surface area contributed by atoms with Gasteiger partial charge in [0.2, 0.25) is 0 Å². The molecule has 45 heavy (non-hydrogen) atoms. The smallest absolute Gasteiger partial charge is 0.410 e. The van der Waals surface area contributed by atoms with E-state index in [-0.39, 0.29) is 19.1 Å². The molecule has 246 valence electrons. The summed E-state index contributed by atoms with van der Waals surface area (Å²) in [6.45, 7) is 10.2. The normalized spacial score (nSPS) is 13.9. The zero-order valence-electron chi connectivity index (χ0n) is 26.3. The minimum atomic E-state index is -0.994. The molecule has 2 heterocycles. The first kappa shape index (κ1) is 34.3. The van der Waals surface area contributed by atoms with Crippen LogP contribution < -0.4 is 0 Å². The van der Waals surface area contributed by atoms with Gasteiger partial charge in [-0.05, 0) is 38.5 Å². The minimum absolute atomic E-state index is 0.230. The fourth-order valence-electron chi connectivity index (χ4n) is 4.83. The van der Waals surface area contributed by atoms with Crippen LogP contribution in [0.4, 0.5) is 13.6 Å². The summed E-state index contributed by atoms with van der Waals surface area (Å²) in [5.74, 6) is -2.27. The molecule has 0 N–H and O–H groups in total. The Kier molecular flexibility index (Phi) is 12.7. The molecule has 0 spiro atoms. The summed E-state index contributed by atoms with van der Waals surface area (Å²) in [6, 6.07) is 13.7. The van der Waals surface area contributed by atoms with E-state index in [0.717, 1.165) is 17.7 Å². The Bertz CT molecular complexity index is 1390. The molecule has 1 fully saturated rings. The SMILES string of the molecule is CC(C)(C)OC(=O)N1CCN(C(=O)c2cc3cc(F)c(F)cc3n2CCOCCOCCOCCOCc2ccccc2)CC1. The lowest BCUT2D eigenvalue weighted by molar-refractivity contribution is -0.00474. The van der Waals surface area contributed by atoms with Gasteiger partial charge in [0.15, 0.2) is 11.6 Å². The number of aromatic nitrogens is 1. The van der Waals surface area contributed by atoms with Gasteiger partial charge in [-0.2, -0.15) is 0 Å². The molecule has 0 bridgehead atoms. The topological polar surface area (TPSA) is 91.7 Å². The highest BCUT2D eigenvalue weighted by Crippen LogP contribution is 2.25. The molecule has 0 unspecified atom stereocenters. The van der Waals surface area contributed by atoms with Crippen molar-refractivity contribution >= 4 is 22.9 Å². The number of carbonyl (C=O) groups is 2. The van der Waals surface area contributed by atoms with Crippen LogP contribution in [0.5, 0.6) is 0 Å². The Morgan fingerprint density at radius 1 is 0.733 bits per heavy atom. The molecule has 1 aliphatic heterocycles. The van der Waals surface area contributed by atoms with Crippen LogP contribution in [0.25, 0.3) is 10.9 Å². The minimum Gasteiger partial charge on any atom is -0.444 e. The monoisotopic (exact) mass is 631 g/mol. The van der Waals surface area contributed by atoms with Crippen LogP contribution in [0.2, 0.25) is 0 Å². The number of amides is 2. The Morgan fingerprint density at radius 2 is 1.29 bits per heavy atom. The van der Waals surface area contributed by atoms with Gasteiger partial charge in [-0.3, -0.25) is 4.79 Å². The largest absolute Gasteiger partial charge is 0.444 e. The molecule has 1 aromatic heterocycles. The molecule has 10 nitrogen and oxygen atoms in total. The number of fused-ring (bicyclic) bond motifs is 1. The Hall–Kier alpha value is -3.58. The quantitative estimate of drug-likeness (QED) is 0.221. The second kappa shape index (κ2) is 16.6. The van der Waals surface area contributed by atoms with Gasteiger partial charge in [0.1, 0.15) is 11.3 Å². The molecular weight excluding hydrogens is 588 g/mol. The van der Waals surface area contributed by atoms with Crippen molar-refractivity contribution in [2.45, 2.75) is 39.5 Å². The highest BCUT2D eigenvalue weighted by Gasteiger charge is 2.29. The summed E-state index contributed by atoms with van der Waals surface area (Å²) < 4.78 is 57.6. The van der Waals surface area contributed by atoms with Crippen molar-refractivity contribution < 1.29 is 42.1 Å². The maximum atomic E-state index is 14.2. The summed E-state index contributed by atoms with van der Waals surface area (Å²) in [7, 11) is 0. The number of carbonyl (C=O) groups excluding carboxylic acids is 2. The van der Waals surface area contributed by atoms with E-state index in [4.69, 9.17) is 23.7 Å². The molecular formula is C33H43F2N3O7. The summed E-state index contributed by atoms with van der Waals surface area (Å²) >= 11 is 0. The first-order valence-corrected chi connectivity index (χ1v) is 15.2. The highest BCUT2D eigenvalue weighted by atomic mass is 19.2. The fraction of sp³-hybridized carbons (Fsp3) is 0.515. The third-order valence-corrected chi connectivity index (χ3v) is 7.07. The van der Waals surface area contributed by atoms with Crippen molar-refractivity contribution in [1.82, 2.24) is 14.4 Å². The van der Waals surface area contributed by atoms with Crippen LogP contribution in [-0.4, -0.2) is 104 Å². The average Bonchev–Trinajstić information content (AvgIpc) is 3.35. The molecule has 0 radical (unpaired) electrons. The highest BCUT2D eigenvalue weighted by molar-refractivity contribution is 5.99. The van der Waals surface area contributed by atoms with Crippen LogP contribution in [0.3, 0.4) is 0 Å². The molecule has 0 saturated carbocycles. The van der Waals surface area contributed by atoms with E-state index in [2.05, 4.69) is 0 Å². The maximum absolute atomic E-state index is 14.2. The average molecular weight is 632 g/mol. The number of hydrogen-bond donors (Lipinski definition) is 0. The van der Waals surface area contributed by atoms with Crippen LogP contribution in [-0.2, 0) is 36.8 Å². The van der Waals surface area contributed by atoms with Crippen LogP contribution in [0.1, 0.15) is 36.8 Å². The zero-order chi connectivity index (χ0) is 32.2. The van der Waals surface area contributed by atoms with Crippen LogP contribution in [0, 0.1) is 11.6 Å². The summed E-state index contributed by atoms with van der Waals surface area (Å²) in [4.78, 5) is 29.2. The first-order valence-electron chi connectivity index (χ1n) is 15.2. The van der Waals surface area contributed by atoms with Crippen molar-refractivity contribution in [1.29, 1.82) is 0 Å². The maximum Gasteiger partial charge on any atom is 0.410 e. The lowest BCUT2D eigenvalue weighted by atomic mass is 10.2. The molecule has 1 saturated heterocycles. The molecule has 2 amide bonds. The number of hydrogen-bond acceptors (Lipinski definition) is 7. The number of halogens is 2. The number of rotatable bonds is 15. The Balaban J connectivity index is 1.19. The zero-order valence-corrected chi connectivity index (χ0v) is 26.3. The molecule has 3 aromatic rings. The standard InChI is InChI=1S/C33H43F2N3O7/c1-33(2,3)45-32(40)37-11-9-36(10-12-37)31(39)30-22-26-21-27(34)28(35)23-29(26)38(30)13-14-41-15-16-42-17-18-43-19-20-44-24-25-7-5-4-6-8-25/h4-8,21-23H,9-20,24H2,1-3H3. The van der Waals surface area contributed by atoms with E-state index in [9.17, 15) is 18.4 Å².